The minimum absolute atomic E-state index is 0.190. The van der Waals surface area contributed by atoms with E-state index in [9.17, 15) is 9.59 Å². The van der Waals surface area contributed by atoms with Crippen molar-refractivity contribution in [3.8, 4) is 0 Å². The topological polar surface area (TPSA) is 75.3 Å². The van der Waals surface area contributed by atoms with Crippen molar-refractivity contribution >= 4 is 34.1 Å². The van der Waals surface area contributed by atoms with Crippen LogP contribution in [0.2, 0.25) is 0 Å². The van der Waals surface area contributed by atoms with E-state index in [-0.39, 0.29) is 18.2 Å². The van der Waals surface area contributed by atoms with Crippen LogP contribution in [0.1, 0.15) is 20.9 Å². The van der Waals surface area contributed by atoms with E-state index in [4.69, 9.17) is 4.74 Å². The molecule has 124 valence electrons. The average molecular weight is 343 g/mol. The van der Waals surface area contributed by atoms with E-state index in [0.29, 0.717) is 11.9 Å². The highest BCUT2D eigenvalue weighted by Crippen LogP contribution is 2.18. The molecule has 1 N–H and O–H groups in total. The number of aryl methyl sites for hydroxylation is 1. The molecule has 0 aliphatic heterocycles. The SMILES string of the molecule is Cc1ccsc1CN(C)C(=O)COC(=O)c1n[nH]c2ccccc12. The zero-order valence-corrected chi connectivity index (χ0v) is 14.2. The van der Waals surface area contributed by atoms with Gasteiger partial charge >= 0.3 is 5.97 Å². The van der Waals surface area contributed by atoms with Gasteiger partial charge in [0.15, 0.2) is 12.3 Å². The number of benzene rings is 1. The molecule has 0 unspecified atom stereocenters. The summed E-state index contributed by atoms with van der Waals surface area (Å²) in [5.41, 5.74) is 2.09. The van der Waals surface area contributed by atoms with Crippen LogP contribution in [0.25, 0.3) is 10.9 Å². The molecule has 2 heterocycles. The van der Waals surface area contributed by atoms with Gasteiger partial charge in [-0.2, -0.15) is 5.10 Å². The third-order valence-electron chi connectivity index (χ3n) is 3.77. The van der Waals surface area contributed by atoms with E-state index < -0.39 is 5.97 Å². The lowest BCUT2D eigenvalue weighted by molar-refractivity contribution is -0.133. The number of ether oxygens (including phenoxy) is 1. The lowest BCUT2D eigenvalue weighted by Crippen LogP contribution is -2.30. The van der Waals surface area contributed by atoms with Gasteiger partial charge in [0.05, 0.1) is 12.1 Å². The fourth-order valence-corrected chi connectivity index (χ4v) is 3.25. The van der Waals surface area contributed by atoms with Crippen LogP contribution in [0.15, 0.2) is 35.7 Å². The molecular weight excluding hydrogens is 326 g/mol. The van der Waals surface area contributed by atoms with Gasteiger partial charge in [-0.3, -0.25) is 9.89 Å². The van der Waals surface area contributed by atoms with Crippen molar-refractivity contribution in [1.82, 2.24) is 15.1 Å². The maximum absolute atomic E-state index is 12.1. The summed E-state index contributed by atoms with van der Waals surface area (Å²) in [5.74, 6) is -0.863. The molecule has 0 saturated heterocycles. The number of hydrogen-bond donors (Lipinski definition) is 1. The molecule has 6 nitrogen and oxygen atoms in total. The molecule has 1 aromatic carbocycles. The summed E-state index contributed by atoms with van der Waals surface area (Å²) >= 11 is 1.60. The number of carbonyl (C=O) groups is 2. The Morgan fingerprint density at radius 1 is 1.29 bits per heavy atom. The Labute approximate surface area is 143 Å². The zero-order chi connectivity index (χ0) is 17.1. The van der Waals surface area contributed by atoms with Crippen LogP contribution in [-0.4, -0.2) is 40.6 Å². The van der Waals surface area contributed by atoms with Gasteiger partial charge in [-0.1, -0.05) is 18.2 Å². The number of esters is 1. The van der Waals surface area contributed by atoms with Crippen molar-refractivity contribution in [3.05, 3.63) is 51.8 Å². The molecule has 24 heavy (non-hydrogen) atoms. The van der Waals surface area contributed by atoms with Crippen LogP contribution in [0.3, 0.4) is 0 Å². The number of nitrogens with one attached hydrogen (secondary N) is 1. The molecule has 0 bridgehead atoms. The van der Waals surface area contributed by atoms with Crippen LogP contribution in [0.5, 0.6) is 0 Å². The second kappa shape index (κ2) is 6.84. The van der Waals surface area contributed by atoms with Crippen LogP contribution in [-0.2, 0) is 16.1 Å². The van der Waals surface area contributed by atoms with E-state index in [1.165, 1.54) is 0 Å². The van der Waals surface area contributed by atoms with Gasteiger partial charge in [0, 0.05) is 17.3 Å². The Bertz CT molecular complexity index is 884. The normalized spacial score (nSPS) is 10.8. The lowest BCUT2D eigenvalue weighted by Gasteiger charge is -2.16. The molecular formula is C17H17N3O3S. The summed E-state index contributed by atoms with van der Waals surface area (Å²) < 4.78 is 5.12. The number of likely N-dealkylation sites (N-methyl/N-ethyl adjacent to an activating group) is 1. The van der Waals surface area contributed by atoms with E-state index in [2.05, 4.69) is 10.2 Å². The number of amides is 1. The fraction of sp³-hybridized carbons (Fsp3) is 0.235. The number of fused-ring (bicyclic) bond motifs is 1. The van der Waals surface area contributed by atoms with Crippen LogP contribution < -0.4 is 0 Å². The largest absolute Gasteiger partial charge is 0.451 e. The van der Waals surface area contributed by atoms with Crippen LogP contribution in [0, 0.1) is 6.92 Å². The summed E-state index contributed by atoms with van der Waals surface area (Å²) in [6.45, 7) is 2.21. The maximum Gasteiger partial charge on any atom is 0.359 e. The fourth-order valence-electron chi connectivity index (χ4n) is 2.29. The van der Waals surface area contributed by atoms with Crippen molar-refractivity contribution in [2.24, 2.45) is 0 Å². The van der Waals surface area contributed by atoms with Gasteiger partial charge in [-0.15, -0.1) is 11.3 Å². The van der Waals surface area contributed by atoms with Gasteiger partial charge in [-0.25, -0.2) is 4.79 Å². The summed E-state index contributed by atoms with van der Waals surface area (Å²) in [6.07, 6.45) is 0. The first-order valence-corrected chi connectivity index (χ1v) is 8.31. The standard InChI is InChI=1S/C17H17N3O3S/c1-11-7-8-24-14(11)9-20(2)15(21)10-23-17(22)16-12-5-3-4-6-13(12)18-19-16/h3-8H,9-10H2,1-2H3,(H,18,19). The number of hydrogen-bond acceptors (Lipinski definition) is 5. The first-order valence-electron chi connectivity index (χ1n) is 7.43. The second-order valence-corrected chi connectivity index (χ2v) is 6.47. The molecule has 3 aromatic rings. The number of aromatic amines is 1. The van der Waals surface area contributed by atoms with E-state index in [0.717, 1.165) is 16.0 Å². The number of thiophene rings is 1. The third-order valence-corrected chi connectivity index (χ3v) is 4.77. The second-order valence-electron chi connectivity index (χ2n) is 5.47. The summed E-state index contributed by atoms with van der Waals surface area (Å²) in [5, 5.41) is 9.41. The summed E-state index contributed by atoms with van der Waals surface area (Å²) in [6, 6.07) is 9.28. The van der Waals surface area contributed by atoms with Crippen LogP contribution in [0.4, 0.5) is 0 Å². The molecule has 0 spiro atoms. The maximum atomic E-state index is 12.1. The van der Waals surface area contributed by atoms with Gasteiger partial charge in [0.1, 0.15) is 0 Å². The van der Waals surface area contributed by atoms with Crippen molar-refractivity contribution in [3.63, 3.8) is 0 Å². The van der Waals surface area contributed by atoms with Crippen molar-refractivity contribution < 1.29 is 14.3 Å². The number of carbonyl (C=O) groups excluding carboxylic acids is 2. The molecule has 1 amide bonds. The van der Waals surface area contributed by atoms with Gasteiger partial charge in [0.25, 0.3) is 5.91 Å². The summed E-state index contributed by atoms with van der Waals surface area (Å²) in [4.78, 5) is 27.0. The Kier molecular flexibility index (Phi) is 4.61. The van der Waals surface area contributed by atoms with Gasteiger partial charge < -0.3 is 9.64 Å². The molecule has 3 rings (SSSR count). The highest BCUT2D eigenvalue weighted by Gasteiger charge is 2.18. The molecule has 2 aromatic heterocycles. The molecule has 0 fully saturated rings. The third kappa shape index (κ3) is 3.30. The number of rotatable bonds is 5. The molecule has 0 radical (unpaired) electrons. The number of para-hydroxylation sites is 1. The smallest absolute Gasteiger partial charge is 0.359 e. The number of nitrogens with zero attached hydrogens (tertiary/aromatic N) is 2. The Hall–Kier alpha value is -2.67. The van der Waals surface area contributed by atoms with Crippen molar-refractivity contribution in [2.75, 3.05) is 13.7 Å². The zero-order valence-electron chi connectivity index (χ0n) is 13.4. The molecule has 0 saturated carbocycles. The van der Waals surface area contributed by atoms with Crippen molar-refractivity contribution in [1.29, 1.82) is 0 Å². The van der Waals surface area contributed by atoms with Crippen LogP contribution >= 0.6 is 11.3 Å². The quantitative estimate of drug-likeness (QED) is 0.723. The highest BCUT2D eigenvalue weighted by atomic mass is 32.1. The van der Waals surface area contributed by atoms with E-state index >= 15 is 0 Å². The minimum atomic E-state index is -0.610. The average Bonchev–Trinajstić information content (AvgIpc) is 3.19. The predicted octanol–water partition coefficient (Wildman–Crippen LogP) is 2.75. The van der Waals surface area contributed by atoms with Crippen molar-refractivity contribution in [2.45, 2.75) is 13.5 Å². The van der Waals surface area contributed by atoms with Gasteiger partial charge in [-0.05, 0) is 30.0 Å². The minimum Gasteiger partial charge on any atom is -0.451 e. The van der Waals surface area contributed by atoms with Gasteiger partial charge in [0.2, 0.25) is 0 Å². The molecule has 7 heteroatoms. The molecule has 0 atom stereocenters. The molecule has 0 aliphatic carbocycles. The Balaban J connectivity index is 1.59. The number of aromatic nitrogens is 2. The first-order chi connectivity index (χ1) is 11.6. The lowest BCUT2D eigenvalue weighted by atomic mass is 10.2. The van der Waals surface area contributed by atoms with E-state index in [1.807, 2.05) is 36.6 Å². The summed E-state index contributed by atoms with van der Waals surface area (Å²) in [7, 11) is 1.69. The Morgan fingerprint density at radius 3 is 2.83 bits per heavy atom. The highest BCUT2D eigenvalue weighted by molar-refractivity contribution is 7.10. The Morgan fingerprint density at radius 2 is 2.08 bits per heavy atom. The van der Waals surface area contributed by atoms with E-state index in [1.54, 1.807) is 29.4 Å². The first kappa shape index (κ1) is 16.2. The predicted molar refractivity (Wildman–Crippen MR) is 91.9 cm³/mol. The number of H-pyrrole nitrogens is 1. The molecule has 0 aliphatic rings. The monoisotopic (exact) mass is 343 g/mol.